The predicted molar refractivity (Wildman–Crippen MR) is 105 cm³/mol. The van der Waals surface area contributed by atoms with Crippen LogP contribution in [0.3, 0.4) is 0 Å². The molecule has 0 saturated carbocycles. The molecule has 2 aromatic carbocycles. The molecule has 1 unspecified atom stereocenters. The van der Waals surface area contributed by atoms with Crippen LogP contribution in [0.5, 0.6) is 0 Å². The van der Waals surface area contributed by atoms with Crippen LogP contribution in [-0.4, -0.2) is 36.9 Å². The molecule has 3 rings (SSSR count). The summed E-state index contributed by atoms with van der Waals surface area (Å²) in [6.07, 6.45) is 0.890. The summed E-state index contributed by atoms with van der Waals surface area (Å²) in [4.78, 5) is 28.4. The lowest BCUT2D eigenvalue weighted by Crippen LogP contribution is -2.35. The Morgan fingerprint density at radius 2 is 1.92 bits per heavy atom. The fourth-order valence-corrected chi connectivity index (χ4v) is 3.69. The van der Waals surface area contributed by atoms with Crippen LogP contribution < -0.4 is 4.90 Å². The van der Waals surface area contributed by atoms with Gasteiger partial charge >= 0.3 is 0 Å². The normalized spacial score (nSPS) is 16.8. The zero-order valence-electron chi connectivity index (χ0n) is 14.5. The number of anilines is 1. The number of nitrogens with zero attached hydrogens (tertiary/aromatic N) is 2. The summed E-state index contributed by atoms with van der Waals surface area (Å²) in [5.74, 6) is -0.333. The van der Waals surface area contributed by atoms with E-state index in [0.717, 1.165) is 11.3 Å². The molecule has 2 amide bonds. The van der Waals surface area contributed by atoms with E-state index in [0.29, 0.717) is 29.6 Å². The highest BCUT2D eigenvalue weighted by Crippen LogP contribution is 2.25. The average molecular weight is 391 g/mol. The number of amides is 2. The van der Waals surface area contributed by atoms with Gasteiger partial charge < -0.3 is 9.80 Å². The van der Waals surface area contributed by atoms with Gasteiger partial charge in [-0.1, -0.05) is 47.5 Å². The van der Waals surface area contributed by atoms with Gasteiger partial charge in [-0.25, -0.2) is 0 Å². The molecule has 0 aromatic heterocycles. The second kappa shape index (κ2) is 8.11. The van der Waals surface area contributed by atoms with Gasteiger partial charge in [-0.15, -0.1) is 0 Å². The van der Waals surface area contributed by atoms with Crippen molar-refractivity contribution in [2.45, 2.75) is 12.8 Å². The van der Waals surface area contributed by atoms with Gasteiger partial charge in [0.2, 0.25) is 11.8 Å². The van der Waals surface area contributed by atoms with Gasteiger partial charge in [-0.3, -0.25) is 9.59 Å². The molecule has 0 bridgehead atoms. The molecule has 0 aliphatic carbocycles. The van der Waals surface area contributed by atoms with Crippen molar-refractivity contribution in [3.05, 3.63) is 64.1 Å². The summed E-state index contributed by atoms with van der Waals surface area (Å²) in [5, 5.41) is 1.19. The van der Waals surface area contributed by atoms with Gasteiger partial charge in [0.05, 0.1) is 5.92 Å². The molecule has 1 aliphatic heterocycles. The predicted octanol–water partition coefficient (Wildman–Crippen LogP) is 4.05. The fraction of sp³-hybridized carbons (Fsp3) is 0.300. The molecular formula is C20H20Cl2N2O2. The second-order valence-electron chi connectivity index (χ2n) is 6.46. The van der Waals surface area contributed by atoms with Gasteiger partial charge in [-0.2, -0.15) is 0 Å². The van der Waals surface area contributed by atoms with Crippen LogP contribution in [0.2, 0.25) is 10.0 Å². The molecule has 1 saturated heterocycles. The maximum atomic E-state index is 12.7. The quantitative estimate of drug-likeness (QED) is 0.772. The van der Waals surface area contributed by atoms with Crippen molar-refractivity contribution in [1.29, 1.82) is 0 Å². The van der Waals surface area contributed by atoms with Gasteiger partial charge in [0, 0.05) is 42.3 Å². The Balaban J connectivity index is 1.60. The summed E-state index contributed by atoms with van der Waals surface area (Å²) < 4.78 is 0. The van der Waals surface area contributed by atoms with E-state index < -0.39 is 0 Å². The number of benzene rings is 2. The van der Waals surface area contributed by atoms with Crippen molar-refractivity contribution in [3.8, 4) is 0 Å². The van der Waals surface area contributed by atoms with Gasteiger partial charge in [0.15, 0.2) is 0 Å². The molecule has 136 valence electrons. The highest BCUT2D eigenvalue weighted by atomic mass is 35.5. The highest BCUT2D eigenvalue weighted by Gasteiger charge is 2.35. The number of carbonyl (C=O) groups is 2. The average Bonchev–Trinajstić information content (AvgIpc) is 3.01. The summed E-state index contributed by atoms with van der Waals surface area (Å²) in [6, 6.07) is 14.8. The topological polar surface area (TPSA) is 40.6 Å². The summed E-state index contributed by atoms with van der Waals surface area (Å²) in [6.45, 7) is 0.985. The molecule has 1 fully saturated rings. The maximum Gasteiger partial charge on any atom is 0.232 e. The minimum absolute atomic E-state index is 0.00916. The minimum atomic E-state index is -0.312. The molecule has 0 radical (unpaired) electrons. The zero-order valence-corrected chi connectivity index (χ0v) is 16.0. The Morgan fingerprint density at radius 1 is 1.19 bits per heavy atom. The number of hydrogen-bond acceptors (Lipinski definition) is 2. The number of rotatable bonds is 5. The summed E-state index contributed by atoms with van der Waals surface area (Å²) in [7, 11) is 1.75. The third-order valence-corrected chi connectivity index (χ3v) is 5.29. The molecule has 0 N–H and O–H groups in total. The Kier molecular flexibility index (Phi) is 5.84. The Hall–Kier alpha value is -2.04. The van der Waals surface area contributed by atoms with Gasteiger partial charge in [-0.05, 0) is 36.2 Å². The first-order valence-corrected chi connectivity index (χ1v) is 9.25. The van der Waals surface area contributed by atoms with E-state index >= 15 is 0 Å². The summed E-state index contributed by atoms with van der Waals surface area (Å²) in [5.41, 5.74) is 1.77. The SMILES string of the molecule is CN(C(=O)C1CC(=O)N(CCc2ccc(Cl)cc2Cl)C1)c1ccccc1. The van der Waals surface area contributed by atoms with Crippen molar-refractivity contribution in [2.75, 3.05) is 25.0 Å². The van der Waals surface area contributed by atoms with Crippen LogP contribution >= 0.6 is 23.2 Å². The zero-order chi connectivity index (χ0) is 18.7. The standard InChI is InChI=1S/C20H20Cl2N2O2/c1-23(17-5-3-2-4-6-17)20(26)15-11-19(25)24(13-15)10-9-14-7-8-16(21)12-18(14)22/h2-8,12,15H,9-11,13H2,1H3. The Labute approximate surface area is 163 Å². The van der Waals surface area contributed by atoms with E-state index in [2.05, 4.69) is 0 Å². The van der Waals surface area contributed by atoms with Crippen molar-refractivity contribution in [3.63, 3.8) is 0 Å². The second-order valence-corrected chi connectivity index (χ2v) is 7.30. The lowest BCUT2D eigenvalue weighted by Gasteiger charge is -2.21. The molecule has 4 nitrogen and oxygen atoms in total. The van der Waals surface area contributed by atoms with E-state index in [9.17, 15) is 9.59 Å². The molecule has 2 aromatic rings. The number of hydrogen-bond donors (Lipinski definition) is 0. The first kappa shape index (κ1) is 18.7. The van der Waals surface area contributed by atoms with Crippen molar-refractivity contribution in [1.82, 2.24) is 4.90 Å². The monoisotopic (exact) mass is 390 g/mol. The number of carbonyl (C=O) groups excluding carboxylic acids is 2. The molecular weight excluding hydrogens is 371 g/mol. The first-order chi connectivity index (χ1) is 12.5. The van der Waals surface area contributed by atoms with Gasteiger partial charge in [0.25, 0.3) is 0 Å². The first-order valence-electron chi connectivity index (χ1n) is 8.50. The van der Waals surface area contributed by atoms with Crippen molar-refractivity contribution < 1.29 is 9.59 Å². The van der Waals surface area contributed by atoms with Gasteiger partial charge in [0.1, 0.15) is 0 Å². The largest absolute Gasteiger partial charge is 0.342 e. The van der Waals surface area contributed by atoms with Crippen LogP contribution in [0.1, 0.15) is 12.0 Å². The van der Waals surface area contributed by atoms with Crippen LogP contribution in [0.15, 0.2) is 48.5 Å². The highest BCUT2D eigenvalue weighted by molar-refractivity contribution is 6.35. The fourth-order valence-electron chi connectivity index (χ4n) is 3.19. The molecule has 1 heterocycles. The van der Waals surface area contributed by atoms with Crippen LogP contribution in [-0.2, 0) is 16.0 Å². The number of likely N-dealkylation sites (tertiary alicyclic amines) is 1. The maximum absolute atomic E-state index is 12.7. The van der Waals surface area contributed by atoms with Crippen molar-refractivity contribution in [2.24, 2.45) is 5.92 Å². The smallest absolute Gasteiger partial charge is 0.232 e. The molecule has 1 atom stereocenters. The van der Waals surface area contributed by atoms with Crippen LogP contribution in [0, 0.1) is 5.92 Å². The Morgan fingerprint density at radius 3 is 2.62 bits per heavy atom. The van der Waals surface area contributed by atoms with Crippen LogP contribution in [0.25, 0.3) is 0 Å². The molecule has 26 heavy (non-hydrogen) atoms. The van der Waals surface area contributed by atoms with Crippen LogP contribution in [0.4, 0.5) is 5.69 Å². The van der Waals surface area contributed by atoms with E-state index in [1.54, 1.807) is 29.0 Å². The molecule has 6 heteroatoms. The van der Waals surface area contributed by atoms with E-state index in [1.165, 1.54) is 0 Å². The van der Waals surface area contributed by atoms with E-state index in [-0.39, 0.29) is 24.2 Å². The number of para-hydroxylation sites is 1. The lowest BCUT2D eigenvalue weighted by atomic mass is 10.1. The minimum Gasteiger partial charge on any atom is -0.342 e. The Bertz CT molecular complexity index is 811. The van der Waals surface area contributed by atoms with E-state index in [4.69, 9.17) is 23.2 Å². The lowest BCUT2D eigenvalue weighted by molar-refractivity contribution is -0.128. The van der Waals surface area contributed by atoms with E-state index in [1.807, 2.05) is 36.4 Å². The third kappa shape index (κ3) is 4.19. The molecule has 0 spiro atoms. The summed E-state index contributed by atoms with van der Waals surface area (Å²) >= 11 is 12.1. The molecule has 1 aliphatic rings. The third-order valence-electron chi connectivity index (χ3n) is 4.70. The van der Waals surface area contributed by atoms with Crippen molar-refractivity contribution >= 4 is 40.7 Å². The number of halogens is 2.